The van der Waals surface area contributed by atoms with Gasteiger partial charge < -0.3 is 9.15 Å². The van der Waals surface area contributed by atoms with E-state index in [4.69, 9.17) is 32.4 Å². The summed E-state index contributed by atoms with van der Waals surface area (Å²) in [6.45, 7) is 0. The van der Waals surface area contributed by atoms with E-state index in [0.717, 1.165) is 11.3 Å². The molecule has 24 heavy (non-hydrogen) atoms. The number of halogens is 2. The Balaban J connectivity index is 1.88. The van der Waals surface area contributed by atoms with Crippen molar-refractivity contribution in [2.24, 2.45) is 0 Å². The summed E-state index contributed by atoms with van der Waals surface area (Å²) in [5.41, 5.74) is 2.64. The molecule has 0 aliphatic heterocycles. The minimum atomic E-state index is 0.420. The van der Waals surface area contributed by atoms with Crippen molar-refractivity contribution in [1.82, 2.24) is 19.7 Å². The minimum Gasteiger partial charge on any atom is -0.495 e. The Morgan fingerprint density at radius 1 is 1.08 bits per heavy atom. The zero-order valence-electron chi connectivity index (χ0n) is 12.4. The van der Waals surface area contributed by atoms with Gasteiger partial charge in [-0.25, -0.2) is 4.98 Å². The van der Waals surface area contributed by atoms with Gasteiger partial charge in [0.25, 0.3) is 0 Å². The molecule has 0 spiro atoms. The minimum absolute atomic E-state index is 0.420. The van der Waals surface area contributed by atoms with Crippen molar-refractivity contribution in [3.63, 3.8) is 0 Å². The first-order valence-electron chi connectivity index (χ1n) is 6.94. The van der Waals surface area contributed by atoms with Crippen molar-refractivity contribution in [2.75, 3.05) is 7.11 Å². The number of ether oxygens (including phenoxy) is 1. The quantitative estimate of drug-likeness (QED) is 0.541. The Morgan fingerprint density at radius 2 is 1.88 bits per heavy atom. The molecule has 4 rings (SSSR count). The molecular weight excluding hydrogens is 351 g/mol. The summed E-state index contributed by atoms with van der Waals surface area (Å²) in [5, 5.41) is 8.56. The average Bonchev–Trinajstić information content (AvgIpc) is 3.23. The number of fused-ring (bicyclic) bond motifs is 1. The molecule has 0 unspecified atom stereocenters. The van der Waals surface area contributed by atoms with E-state index in [0.29, 0.717) is 32.8 Å². The van der Waals surface area contributed by atoms with Gasteiger partial charge in [-0.15, -0.1) is 10.2 Å². The lowest BCUT2D eigenvalue weighted by Gasteiger charge is -2.09. The maximum Gasteiger partial charge on any atom is 0.227 e. The lowest BCUT2D eigenvalue weighted by Crippen LogP contribution is -1.96. The summed E-state index contributed by atoms with van der Waals surface area (Å²) < 4.78 is 12.9. The summed E-state index contributed by atoms with van der Waals surface area (Å²) >= 11 is 12.2. The Kier molecular flexibility index (Phi) is 3.63. The molecule has 0 aliphatic carbocycles. The largest absolute Gasteiger partial charge is 0.495 e. The summed E-state index contributed by atoms with van der Waals surface area (Å²) in [6, 6.07) is 8.89. The van der Waals surface area contributed by atoms with Gasteiger partial charge in [0.1, 0.15) is 23.9 Å². The molecule has 2 aromatic carbocycles. The average molecular weight is 361 g/mol. The molecule has 2 aromatic heterocycles. The molecule has 8 heteroatoms. The van der Waals surface area contributed by atoms with Gasteiger partial charge in [0.2, 0.25) is 5.89 Å². The third-order valence-corrected chi connectivity index (χ3v) is 4.03. The number of nitrogens with zero attached hydrogens (tertiary/aromatic N) is 4. The highest BCUT2D eigenvalue weighted by Crippen LogP contribution is 2.34. The first-order valence-corrected chi connectivity index (χ1v) is 7.70. The molecule has 0 atom stereocenters. The molecule has 4 aromatic rings. The van der Waals surface area contributed by atoms with Crippen LogP contribution in [0.15, 0.2) is 47.4 Å². The fourth-order valence-corrected chi connectivity index (χ4v) is 2.95. The van der Waals surface area contributed by atoms with Gasteiger partial charge in [0.05, 0.1) is 17.8 Å². The van der Waals surface area contributed by atoms with Crippen LogP contribution in [-0.4, -0.2) is 26.9 Å². The Morgan fingerprint density at radius 3 is 2.62 bits per heavy atom. The molecule has 0 radical (unpaired) electrons. The predicted octanol–water partition coefficient (Wildman–Crippen LogP) is 4.39. The monoisotopic (exact) mass is 360 g/mol. The van der Waals surface area contributed by atoms with Crippen LogP contribution in [0.1, 0.15) is 0 Å². The molecule has 0 bridgehead atoms. The van der Waals surface area contributed by atoms with E-state index in [1.807, 2.05) is 18.2 Å². The van der Waals surface area contributed by atoms with Crippen molar-refractivity contribution in [3.05, 3.63) is 53.0 Å². The van der Waals surface area contributed by atoms with Gasteiger partial charge in [-0.2, -0.15) is 0 Å². The number of rotatable bonds is 3. The smallest absolute Gasteiger partial charge is 0.227 e. The molecule has 0 saturated heterocycles. The van der Waals surface area contributed by atoms with E-state index in [9.17, 15) is 0 Å². The van der Waals surface area contributed by atoms with Crippen LogP contribution in [0.3, 0.4) is 0 Å². The predicted molar refractivity (Wildman–Crippen MR) is 90.9 cm³/mol. The van der Waals surface area contributed by atoms with E-state index < -0.39 is 0 Å². The van der Waals surface area contributed by atoms with Crippen molar-refractivity contribution >= 4 is 34.3 Å². The molecule has 0 amide bonds. The highest BCUT2D eigenvalue weighted by molar-refractivity contribution is 6.38. The van der Waals surface area contributed by atoms with E-state index in [-0.39, 0.29) is 0 Å². The van der Waals surface area contributed by atoms with Crippen LogP contribution in [0.2, 0.25) is 10.0 Å². The highest BCUT2D eigenvalue weighted by Gasteiger charge is 2.15. The molecule has 0 saturated carbocycles. The fraction of sp³-hybridized carbons (Fsp3) is 0.0625. The summed E-state index contributed by atoms with van der Waals surface area (Å²) in [4.78, 5) is 4.47. The van der Waals surface area contributed by atoms with Crippen LogP contribution in [0, 0.1) is 0 Å². The van der Waals surface area contributed by atoms with Crippen LogP contribution >= 0.6 is 23.2 Å². The van der Waals surface area contributed by atoms with Gasteiger partial charge >= 0.3 is 0 Å². The number of benzene rings is 2. The topological polar surface area (TPSA) is 66.0 Å². The molecular formula is C16H10Cl2N4O2. The number of aromatic nitrogens is 4. The molecule has 2 heterocycles. The van der Waals surface area contributed by atoms with E-state index >= 15 is 0 Å². The first kappa shape index (κ1) is 15.0. The summed E-state index contributed by atoms with van der Waals surface area (Å²) in [5.74, 6) is 1.11. The van der Waals surface area contributed by atoms with Crippen LogP contribution in [0.25, 0.3) is 28.2 Å². The van der Waals surface area contributed by atoms with Crippen molar-refractivity contribution < 1.29 is 9.15 Å². The molecule has 6 nitrogen and oxygen atoms in total. The second-order valence-electron chi connectivity index (χ2n) is 5.01. The van der Waals surface area contributed by atoms with Crippen LogP contribution in [-0.2, 0) is 0 Å². The van der Waals surface area contributed by atoms with E-state index in [2.05, 4.69) is 15.2 Å². The van der Waals surface area contributed by atoms with Crippen molar-refractivity contribution in [2.45, 2.75) is 0 Å². The lowest BCUT2D eigenvalue weighted by atomic mass is 10.2. The van der Waals surface area contributed by atoms with Gasteiger partial charge in [-0.3, -0.25) is 4.57 Å². The third-order valence-electron chi connectivity index (χ3n) is 3.53. The SMILES string of the molecule is COc1ccc(-c2nc3cc(Cl)cc(Cl)c3o2)cc1-n1cnnc1. The van der Waals surface area contributed by atoms with Gasteiger partial charge in [0, 0.05) is 10.6 Å². The molecule has 120 valence electrons. The maximum absolute atomic E-state index is 6.16. The van der Waals surface area contributed by atoms with Gasteiger partial charge in [0.15, 0.2) is 5.58 Å². The summed E-state index contributed by atoms with van der Waals surface area (Å²) in [6.07, 6.45) is 3.18. The van der Waals surface area contributed by atoms with Gasteiger partial charge in [-0.1, -0.05) is 23.2 Å². The van der Waals surface area contributed by atoms with Gasteiger partial charge in [-0.05, 0) is 30.3 Å². The van der Waals surface area contributed by atoms with Crippen LogP contribution in [0.4, 0.5) is 0 Å². The molecule has 0 N–H and O–H groups in total. The number of hydrogen-bond acceptors (Lipinski definition) is 5. The zero-order chi connectivity index (χ0) is 16.7. The van der Waals surface area contributed by atoms with Crippen LogP contribution < -0.4 is 4.74 Å². The third kappa shape index (κ3) is 2.50. The first-order chi connectivity index (χ1) is 11.7. The zero-order valence-corrected chi connectivity index (χ0v) is 13.9. The molecule has 0 fully saturated rings. The molecule has 0 aliphatic rings. The van der Waals surface area contributed by atoms with E-state index in [1.54, 1.807) is 36.5 Å². The Labute approximate surface area is 146 Å². The van der Waals surface area contributed by atoms with Crippen LogP contribution in [0.5, 0.6) is 5.75 Å². The maximum atomic E-state index is 6.16. The number of oxazole rings is 1. The lowest BCUT2D eigenvalue weighted by molar-refractivity contribution is 0.413. The van der Waals surface area contributed by atoms with E-state index in [1.165, 1.54) is 0 Å². The number of hydrogen-bond donors (Lipinski definition) is 0. The van der Waals surface area contributed by atoms with Crippen molar-refractivity contribution in [3.8, 4) is 22.9 Å². The second-order valence-corrected chi connectivity index (χ2v) is 5.85. The Bertz CT molecular complexity index is 1030. The van der Waals surface area contributed by atoms with Crippen molar-refractivity contribution in [1.29, 1.82) is 0 Å². The normalized spacial score (nSPS) is 11.1. The standard InChI is InChI=1S/C16H10Cl2N4O2/c1-23-14-3-2-9(4-13(14)22-7-19-20-8-22)16-21-12-6-10(17)5-11(18)15(12)24-16/h2-8H,1H3. The Hall–Kier alpha value is -2.57. The highest BCUT2D eigenvalue weighted by atomic mass is 35.5. The summed E-state index contributed by atoms with van der Waals surface area (Å²) in [7, 11) is 1.60. The fourth-order valence-electron chi connectivity index (χ4n) is 2.43. The second kappa shape index (κ2) is 5.81. The number of methoxy groups -OCH3 is 1.